The molecule has 0 aliphatic heterocycles. The van der Waals surface area contributed by atoms with Gasteiger partial charge >= 0.3 is 0 Å². The van der Waals surface area contributed by atoms with Crippen molar-refractivity contribution in [2.24, 2.45) is 0 Å². The summed E-state index contributed by atoms with van der Waals surface area (Å²) < 4.78 is 26.6. The highest BCUT2D eigenvalue weighted by Gasteiger charge is 2.39. The largest absolute Gasteiger partial charge is 0.303 e. The van der Waals surface area contributed by atoms with Gasteiger partial charge in [-0.3, -0.25) is 0 Å². The third-order valence-corrected chi connectivity index (χ3v) is 2.91. The van der Waals surface area contributed by atoms with Crippen molar-refractivity contribution in [3.63, 3.8) is 0 Å². The Morgan fingerprint density at radius 1 is 1.19 bits per heavy atom. The van der Waals surface area contributed by atoms with E-state index in [1.807, 2.05) is 13.0 Å². The van der Waals surface area contributed by atoms with Crippen molar-refractivity contribution in [2.45, 2.75) is 38.7 Å². The molecule has 16 heavy (non-hydrogen) atoms. The quantitative estimate of drug-likeness (QED) is 0.783. The molecule has 1 unspecified atom stereocenters. The van der Waals surface area contributed by atoms with Crippen LogP contribution >= 0.6 is 0 Å². The highest BCUT2D eigenvalue weighted by Crippen LogP contribution is 2.31. The first-order chi connectivity index (χ1) is 7.67. The standard InChI is InChI=1S/C13H19F2N/c1-3-10-16-13(4-2,12(14)15)11-8-6-5-7-9-11/h5-9,12,16H,3-4,10H2,1-2H3. The van der Waals surface area contributed by atoms with E-state index < -0.39 is 12.0 Å². The molecular formula is C13H19F2N. The molecule has 1 aromatic carbocycles. The van der Waals surface area contributed by atoms with E-state index in [9.17, 15) is 8.78 Å². The van der Waals surface area contributed by atoms with Gasteiger partial charge in [-0.1, -0.05) is 44.2 Å². The zero-order chi connectivity index (χ0) is 12.0. The molecule has 0 saturated heterocycles. The summed E-state index contributed by atoms with van der Waals surface area (Å²) in [4.78, 5) is 0. The van der Waals surface area contributed by atoms with Crippen LogP contribution in [0.4, 0.5) is 8.78 Å². The second-order valence-electron chi connectivity index (χ2n) is 3.92. The van der Waals surface area contributed by atoms with Crippen molar-refractivity contribution in [1.82, 2.24) is 5.32 Å². The van der Waals surface area contributed by atoms with E-state index in [-0.39, 0.29) is 0 Å². The Labute approximate surface area is 95.9 Å². The van der Waals surface area contributed by atoms with Gasteiger partial charge in [-0.25, -0.2) is 8.78 Å². The average molecular weight is 227 g/mol. The third kappa shape index (κ3) is 2.59. The molecule has 0 aromatic heterocycles. The summed E-state index contributed by atoms with van der Waals surface area (Å²) in [6.45, 7) is 4.37. The van der Waals surface area contributed by atoms with E-state index in [1.54, 1.807) is 31.2 Å². The fourth-order valence-corrected chi connectivity index (χ4v) is 1.87. The minimum Gasteiger partial charge on any atom is -0.303 e. The van der Waals surface area contributed by atoms with Crippen LogP contribution in [0.5, 0.6) is 0 Å². The number of nitrogens with one attached hydrogen (secondary N) is 1. The Kier molecular flexibility index (Phi) is 4.87. The lowest BCUT2D eigenvalue weighted by Gasteiger charge is -2.33. The normalized spacial score (nSPS) is 15.1. The Morgan fingerprint density at radius 2 is 1.81 bits per heavy atom. The van der Waals surface area contributed by atoms with Crippen molar-refractivity contribution in [2.75, 3.05) is 6.54 Å². The summed E-state index contributed by atoms with van der Waals surface area (Å²) in [7, 11) is 0. The number of hydrogen-bond acceptors (Lipinski definition) is 1. The first-order valence-electron chi connectivity index (χ1n) is 5.76. The second kappa shape index (κ2) is 5.94. The summed E-state index contributed by atoms with van der Waals surface area (Å²) in [6, 6.07) is 8.97. The van der Waals surface area contributed by atoms with Crippen LogP contribution in [0.3, 0.4) is 0 Å². The zero-order valence-electron chi connectivity index (χ0n) is 9.84. The molecule has 1 rings (SSSR count). The highest BCUT2D eigenvalue weighted by atomic mass is 19.3. The molecule has 0 aliphatic carbocycles. The number of hydrogen-bond donors (Lipinski definition) is 1. The average Bonchev–Trinajstić information content (AvgIpc) is 2.31. The summed E-state index contributed by atoms with van der Waals surface area (Å²) in [5.74, 6) is 0. The van der Waals surface area contributed by atoms with Gasteiger partial charge in [0, 0.05) is 0 Å². The minimum absolute atomic E-state index is 0.384. The van der Waals surface area contributed by atoms with Gasteiger partial charge in [-0.15, -0.1) is 0 Å². The highest BCUT2D eigenvalue weighted by molar-refractivity contribution is 5.25. The van der Waals surface area contributed by atoms with Crippen molar-refractivity contribution in [3.05, 3.63) is 35.9 Å². The predicted molar refractivity (Wildman–Crippen MR) is 62.7 cm³/mol. The maximum atomic E-state index is 13.3. The predicted octanol–water partition coefficient (Wildman–Crippen LogP) is 3.56. The summed E-state index contributed by atoms with van der Waals surface area (Å²) in [5, 5.41) is 3.00. The van der Waals surface area contributed by atoms with Gasteiger partial charge in [0.2, 0.25) is 0 Å². The van der Waals surface area contributed by atoms with Crippen LogP contribution in [-0.2, 0) is 5.54 Å². The fourth-order valence-electron chi connectivity index (χ4n) is 1.87. The molecule has 1 aromatic rings. The van der Waals surface area contributed by atoms with Crippen molar-refractivity contribution in [1.29, 1.82) is 0 Å². The van der Waals surface area contributed by atoms with Gasteiger partial charge in [0.1, 0.15) is 5.54 Å². The van der Waals surface area contributed by atoms with Gasteiger partial charge < -0.3 is 5.32 Å². The minimum atomic E-state index is -2.40. The molecule has 0 amide bonds. The molecule has 0 fully saturated rings. The molecule has 90 valence electrons. The van der Waals surface area contributed by atoms with Gasteiger partial charge in [0.25, 0.3) is 6.43 Å². The molecule has 0 radical (unpaired) electrons. The van der Waals surface area contributed by atoms with Gasteiger partial charge in [-0.2, -0.15) is 0 Å². The molecule has 1 atom stereocenters. The van der Waals surface area contributed by atoms with Crippen LogP contribution in [0.2, 0.25) is 0 Å². The summed E-state index contributed by atoms with van der Waals surface area (Å²) in [5.41, 5.74) is -0.530. The third-order valence-electron chi connectivity index (χ3n) is 2.91. The molecule has 3 heteroatoms. The topological polar surface area (TPSA) is 12.0 Å². The van der Waals surface area contributed by atoms with Gasteiger partial charge in [0.15, 0.2) is 0 Å². The van der Waals surface area contributed by atoms with Crippen LogP contribution in [-0.4, -0.2) is 13.0 Å². The van der Waals surface area contributed by atoms with E-state index in [0.29, 0.717) is 18.5 Å². The lowest BCUT2D eigenvalue weighted by atomic mass is 9.87. The number of benzene rings is 1. The van der Waals surface area contributed by atoms with Crippen LogP contribution in [0, 0.1) is 0 Å². The molecule has 0 bridgehead atoms. The lowest BCUT2D eigenvalue weighted by molar-refractivity contribution is 0.0244. The van der Waals surface area contributed by atoms with E-state index in [0.717, 1.165) is 6.42 Å². The van der Waals surface area contributed by atoms with E-state index >= 15 is 0 Å². The molecule has 0 spiro atoms. The summed E-state index contributed by atoms with van der Waals surface area (Å²) in [6.07, 6.45) is -1.16. The molecule has 1 N–H and O–H groups in total. The molecule has 0 saturated carbocycles. The van der Waals surface area contributed by atoms with Gasteiger partial charge in [0.05, 0.1) is 0 Å². The van der Waals surface area contributed by atoms with Crippen molar-refractivity contribution in [3.8, 4) is 0 Å². The molecule has 0 aliphatic rings. The van der Waals surface area contributed by atoms with Crippen molar-refractivity contribution < 1.29 is 8.78 Å². The van der Waals surface area contributed by atoms with Crippen LogP contribution in [0.25, 0.3) is 0 Å². The SMILES string of the molecule is CCCNC(CC)(c1ccccc1)C(F)F. The molecular weight excluding hydrogens is 208 g/mol. The zero-order valence-corrected chi connectivity index (χ0v) is 9.84. The first kappa shape index (κ1) is 13.1. The van der Waals surface area contributed by atoms with E-state index in [4.69, 9.17) is 0 Å². The smallest absolute Gasteiger partial charge is 0.260 e. The number of halogens is 2. The first-order valence-corrected chi connectivity index (χ1v) is 5.76. The second-order valence-corrected chi connectivity index (χ2v) is 3.92. The van der Waals surface area contributed by atoms with Crippen LogP contribution < -0.4 is 5.32 Å². The number of alkyl halides is 2. The lowest BCUT2D eigenvalue weighted by Crippen LogP contribution is -2.48. The number of rotatable bonds is 6. The Bertz CT molecular complexity index is 300. The van der Waals surface area contributed by atoms with Crippen molar-refractivity contribution >= 4 is 0 Å². The van der Waals surface area contributed by atoms with E-state index in [2.05, 4.69) is 5.32 Å². The molecule has 1 nitrogen and oxygen atoms in total. The molecule has 0 heterocycles. The Morgan fingerprint density at radius 3 is 2.25 bits per heavy atom. The maximum Gasteiger partial charge on any atom is 0.260 e. The van der Waals surface area contributed by atoms with E-state index in [1.165, 1.54) is 0 Å². The van der Waals surface area contributed by atoms with Gasteiger partial charge in [-0.05, 0) is 24.9 Å². The van der Waals surface area contributed by atoms with Crippen LogP contribution in [0.1, 0.15) is 32.3 Å². The maximum absolute atomic E-state index is 13.3. The fraction of sp³-hybridized carbons (Fsp3) is 0.538. The van der Waals surface area contributed by atoms with Crippen LogP contribution in [0.15, 0.2) is 30.3 Å². The Balaban J connectivity index is 3.02. The Hall–Kier alpha value is -0.960. The monoisotopic (exact) mass is 227 g/mol. The summed E-state index contributed by atoms with van der Waals surface area (Å²) >= 11 is 0.